The fourth-order valence-electron chi connectivity index (χ4n) is 3.16. The number of benzene rings is 1. The first-order valence-electron chi connectivity index (χ1n) is 8.26. The van der Waals surface area contributed by atoms with Crippen LogP contribution in [-0.4, -0.2) is 37.6 Å². The average molecular weight is 344 g/mol. The molecule has 1 aliphatic rings. The van der Waals surface area contributed by atoms with Gasteiger partial charge in [-0.15, -0.1) is 0 Å². The number of aromatic nitrogens is 2. The molecule has 1 amide bonds. The van der Waals surface area contributed by atoms with Gasteiger partial charge in [-0.2, -0.15) is 0 Å². The molecule has 1 fully saturated rings. The van der Waals surface area contributed by atoms with Gasteiger partial charge in [-0.3, -0.25) is 14.9 Å². The smallest absolute Gasteiger partial charge is 0.294 e. The van der Waals surface area contributed by atoms with Gasteiger partial charge in [0.2, 0.25) is 0 Å². The van der Waals surface area contributed by atoms with E-state index in [2.05, 4.69) is 10.3 Å². The predicted octanol–water partition coefficient (Wildman–Crippen LogP) is 2.21. The van der Waals surface area contributed by atoms with E-state index < -0.39 is 16.4 Å². The Labute approximate surface area is 144 Å². The minimum Gasteiger partial charge on any atom is -0.388 e. The second-order valence-corrected chi connectivity index (χ2v) is 6.40. The third-order valence-corrected chi connectivity index (χ3v) is 4.58. The highest BCUT2D eigenvalue weighted by molar-refractivity contribution is 5.95. The first kappa shape index (κ1) is 17.1. The molecule has 0 spiro atoms. The van der Waals surface area contributed by atoms with Crippen molar-refractivity contribution < 1.29 is 14.8 Å². The van der Waals surface area contributed by atoms with Crippen molar-refractivity contribution in [1.29, 1.82) is 0 Å². The number of carbonyl (C=O) groups is 1. The normalized spacial score (nSPS) is 16.4. The largest absolute Gasteiger partial charge is 0.388 e. The lowest BCUT2D eigenvalue weighted by Crippen LogP contribution is -2.44. The Morgan fingerprint density at radius 2 is 2.12 bits per heavy atom. The van der Waals surface area contributed by atoms with E-state index >= 15 is 0 Å². The Balaban J connectivity index is 1.76. The van der Waals surface area contributed by atoms with Gasteiger partial charge in [0.15, 0.2) is 0 Å². The second-order valence-electron chi connectivity index (χ2n) is 6.40. The van der Waals surface area contributed by atoms with Crippen molar-refractivity contribution in [2.75, 3.05) is 6.54 Å². The molecule has 0 unspecified atom stereocenters. The molecule has 1 aromatic heterocycles. The van der Waals surface area contributed by atoms with Gasteiger partial charge < -0.3 is 15.0 Å². The highest BCUT2D eigenvalue weighted by atomic mass is 16.6. The minimum absolute atomic E-state index is 0.156. The third kappa shape index (κ3) is 3.85. The van der Waals surface area contributed by atoms with Crippen LogP contribution >= 0.6 is 0 Å². The summed E-state index contributed by atoms with van der Waals surface area (Å²) in [5.41, 5.74) is -0.529. The zero-order chi connectivity index (χ0) is 17.9. The lowest BCUT2D eigenvalue weighted by molar-refractivity contribution is -0.384. The Morgan fingerprint density at radius 1 is 1.36 bits per heavy atom. The van der Waals surface area contributed by atoms with Crippen LogP contribution < -0.4 is 5.32 Å². The number of imidazole rings is 1. The van der Waals surface area contributed by atoms with E-state index in [9.17, 15) is 20.0 Å². The van der Waals surface area contributed by atoms with Gasteiger partial charge in [0, 0.05) is 30.6 Å². The molecule has 0 radical (unpaired) electrons. The molecule has 25 heavy (non-hydrogen) atoms. The number of carbonyl (C=O) groups excluding carboxylic acids is 1. The maximum Gasteiger partial charge on any atom is 0.294 e. The highest BCUT2D eigenvalue weighted by Gasteiger charge is 2.29. The Bertz CT molecular complexity index is 767. The summed E-state index contributed by atoms with van der Waals surface area (Å²) in [5.74, 6) is -0.431. The van der Waals surface area contributed by atoms with Gasteiger partial charge >= 0.3 is 0 Å². The minimum atomic E-state index is -0.878. The monoisotopic (exact) mass is 344 g/mol. The second kappa shape index (κ2) is 7.02. The van der Waals surface area contributed by atoms with Gasteiger partial charge in [0.1, 0.15) is 5.69 Å². The highest BCUT2D eigenvalue weighted by Crippen LogP contribution is 2.28. The summed E-state index contributed by atoms with van der Waals surface area (Å²) in [6.45, 7) is 0.156. The SMILES string of the molecule is O=C(NCC1(O)CCCCC1)c1ccc(-n2ccnc2)c([N+](=O)[O-])c1. The Hall–Kier alpha value is -2.74. The van der Waals surface area contributed by atoms with Gasteiger partial charge in [0.05, 0.1) is 16.9 Å². The maximum absolute atomic E-state index is 12.3. The standard InChI is InChI=1S/C17H20N4O4/c22-16(19-11-17(23)6-2-1-3-7-17)13-4-5-14(15(10-13)21(24)25)20-9-8-18-12-20/h4-5,8-10,12,23H,1-3,6-7,11H2,(H,19,22). The van der Waals surface area contributed by atoms with Crippen LogP contribution in [0.1, 0.15) is 42.5 Å². The quantitative estimate of drug-likeness (QED) is 0.638. The Morgan fingerprint density at radius 3 is 2.76 bits per heavy atom. The molecular formula is C17H20N4O4. The molecule has 0 bridgehead atoms. The zero-order valence-corrected chi connectivity index (χ0v) is 13.7. The fraction of sp³-hybridized carbons (Fsp3) is 0.412. The van der Waals surface area contributed by atoms with Crippen LogP contribution in [0.15, 0.2) is 36.9 Å². The molecule has 1 heterocycles. The number of aliphatic hydroxyl groups is 1. The summed E-state index contributed by atoms with van der Waals surface area (Å²) in [5, 5.41) is 24.5. The first-order chi connectivity index (χ1) is 12.0. The van der Waals surface area contributed by atoms with E-state index in [1.54, 1.807) is 6.20 Å². The molecule has 2 aromatic rings. The molecule has 2 N–H and O–H groups in total. The van der Waals surface area contributed by atoms with Crippen LogP contribution in [0.25, 0.3) is 5.69 Å². The average Bonchev–Trinajstić information content (AvgIpc) is 3.14. The molecule has 8 heteroatoms. The van der Waals surface area contributed by atoms with Crippen LogP contribution in [-0.2, 0) is 0 Å². The third-order valence-electron chi connectivity index (χ3n) is 4.58. The summed E-state index contributed by atoms with van der Waals surface area (Å²) in [4.78, 5) is 27.0. The zero-order valence-electron chi connectivity index (χ0n) is 13.7. The molecule has 1 aromatic carbocycles. The van der Waals surface area contributed by atoms with Crippen LogP contribution in [0, 0.1) is 10.1 Å². The summed E-state index contributed by atoms with van der Waals surface area (Å²) in [7, 11) is 0. The van der Waals surface area contributed by atoms with Gasteiger partial charge in [-0.25, -0.2) is 4.98 Å². The van der Waals surface area contributed by atoms with E-state index in [1.165, 1.54) is 35.3 Å². The number of hydrogen-bond acceptors (Lipinski definition) is 5. The summed E-state index contributed by atoms with van der Waals surface area (Å²) in [6, 6.07) is 4.29. The van der Waals surface area contributed by atoms with Gasteiger partial charge in [-0.1, -0.05) is 19.3 Å². The number of nitrogens with one attached hydrogen (secondary N) is 1. The van der Waals surface area contributed by atoms with Gasteiger partial charge in [-0.05, 0) is 25.0 Å². The number of hydrogen-bond donors (Lipinski definition) is 2. The molecule has 8 nitrogen and oxygen atoms in total. The lowest BCUT2D eigenvalue weighted by atomic mass is 9.85. The topological polar surface area (TPSA) is 110 Å². The van der Waals surface area contributed by atoms with Crippen LogP contribution in [0.5, 0.6) is 0 Å². The predicted molar refractivity (Wildman–Crippen MR) is 90.6 cm³/mol. The number of nitro groups is 1. The van der Waals surface area contributed by atoms with E-state index in [1.807, 2.05) is 0 Å². The number of nitro benzene ring substituents is 1. The van der Waals surface area contributed by atoms with E-state index in [0.717, 1.165) is 19.3 Å². The molecule has 0 saturated heterocycles. The van der Waals surface area contributed by atoms with E-state index in [0.29, 0.717) is 18.5 Å². The number of rotatable bonds is 5. The van der Waals surface area contributed by atoms with Crippen LogP contribution in [0.3, 0.4) is 0 Å². The Kier molecular flexibility index (Phi) is 4.80. The van der Waals surface area contributed by atoms with Crippen molar-refractivity contribution in [3.05, 3.63) is 52.6 Å². The molecule has 132 valence electrons. The molecule has 3 rings (SSSR count). The van der Waals surface area contributed by atoms with Crippen molar-refractivity contribution in [2.24, 2.45) is 0 Å². The van der Waals surface area contributed by atoms with Crippen LogP contribution in [0.2, 0.25) is 0 Å². The van der Waals surface area contributed by atoms with Crippen molar-refractivity contribution in [3.8, 4) is 5.69 Å². The van der Waals surface area contributed by atoms with Crippen molar-refractivity contribution >= 4 is 11.6 Å². The van der Waals surface area contributed by atoms with Gasteiger partial charge in [0.25, 0.3) is 11.6 Å². The van der Waals surface area contributed by atoms with E-state index in [4.69, 9.17) is 0 Å². The van der Waals surface area contributed by atoms with Crippen molar-refractivity contribution in [3.63, 3.8) is 0 Å². The first-order valence-corrected chi connectivity index (χ1v) is 8.26. The summed E-state index contributed by atoms with van der Waals surface area (Å²) >= 11 is 0. The van der Waals surface area contributed by atoms with Crippen molar-refractivity contribution in [2.45, 2.75) is 37.7 Å². The summed E-state index contributed by atoms with van der Waals surface area (Å²) < 4.78 is 1.52. The van der Waals surface area contributed by atoms with Crippen molar-refractivity contribution in [1.82, 2.24) is 14.9 Å². The van der Waals surface area contributed by atoms with E-state index in [-0.39, 0.29) is 17.8 Å². The molecule has 1 saturated carbocycles. The summed E-state index contributed by atoms with van der Waals surface area (Å²) in [6.07, 6.45) is 8.88. The molecular weight excluding hydrogens is 324 g/mol. The number of amides is 1. The lowest BCUT2D eigenvalue weighted by Gasteiger charge is -2.32. The number of nitrogens with zero attached hydrogens (tertiary/aromatic N) is 3. The molecule has 0 aliphatic heterocycles. The fourth-order valence-corrected chi connectivity index (χ4v) is 3.16. The van der Waals surface area contributed by atoms with Crippen LogP contribution in [0.4, 0.5) is 5.69 Å². The molecule has 0 atom stereocenters. The molecule has 1 aliphatic carbocycles. The maximum atomic E-state index is 12.3.